The molecule has 0 bridgehead atoms. The van der Waals surface area contributed by atoms with Crippen molar-refractivity contribution < 1.29 is 13.2 Å². The van der Waals surface area contributed by atoms with Crippen LogP contribution in [0.15, 0.2) is 0 Å². The van der Waals surface area contributed by atoms with E-state index < -0.39 is 10.2 Å². The first-order valence-corrected chi connectivity index (χ1v) is 8.57. The van der Waals surface area contributed by atoms with Crippen molar-refractivity contribution in [2.24, 2.45) is 0 Å². The van der Waals surface area contributed by atoms with Gasteiger partial charge in [0, 0.05) is 38.3 Å². The van der Waals surface area contributed by atoms with E-state index in [9.17, 15) is 8.42 Å². The van der Waals surface area contributed by atoms with E-state index in [2.05, 4.69) is 4.90 Å². The predicted molar refractivity (Wildman–Crippen MR) is 72.1 cm³/mol. The molecule has 0 aromatic rings. The van der Waals surface area contributed by atoms with E-state index >= 15 is 0 Å². The normalized spacial score (nSPS) is 35.4. The lowest BCUT2D eigenvalue weighted by Gasteiger charge is -2.43. The summed E-state index contributed by atoms with van der Waals surface area (Å²) in [5.41, 5.74) is 0. The number of nitrogens with zero attached hydrogens (tertiary/aromatic N) is 3. The molecule has 3 aliphatic heterocycles. The summed E-state index contributed by atoms with van der Waals surface area (Å²) in [5.74, 6) is 0. The van der Waals surface area contributed by atoms with Gasteiger partial charge in [-0.15, -0.1) is 0 Å². The number of rotatable bonds is 2. The lowest BCUT2D eigenvalue weighted by Crippen LogP contribution is -2.60. The molecule has 0 N–H and O–H groups in total. The van der Waals surface area contributed by atoms with Crippen molar-refractivity contribution in [2.45, 2.75) is 31.8 Å². The zero-order valence-corrected chi connectivity index (χ0v) is 12.3. The molecule has 110 valence electrons. The SMILES string of the molecule is C[C@H]1CN2CCC[C@H]2CN1S(=O)(=O)N1CCOCC1. The zero-order valence-electron chi connectivity index (χ0n) is 11.5. The maximum absolute atomic E-state index is 12.7. The third-order valence-electron chi connectivity index (χ3n) is 4.47. The minimum absolute atomic E-state index is 0.0715. The minimum atomic E-state index is -3.31. The molecule has 6 nitrogen and oxygen atoms in total. The van der Waals surface area contributed by atoms with Crippen LogP contribution in [0.1, 0.15) is 19.8 Å². The van der Waals surface area contributed by atoms with Crippen molar-refractivity contribution in [2.75, 3.05) is 45.9 Å². The first-order valence-electron chi connectivity index (χ1n) is 7.18. The Kier molecular flexibility index (Phi) is 3.83. The van der Waals surface area contributed by atoms with Crippen molar-refractivity contribution >= 4 is 10.2 Å². The third-order valence-corrected chi connectivity index (χ3v) is 6.59. The number of piperazine rings is 1. The van der Waals surface area contributed by atoms with E-state index in [1.165, 1.54) is 6.42 Å². The van der Waals surface area contributed by atoms with Crippen molar-refractivity contribution in [1.82, 2.24) is 13.5 Å². The minimum Gasteiger partial charge on any atom is -0.379 e. The van der Waals surface area contributed by atoms with Gasteiger partial charge in [0.1, 0.15) is 0 Å². The Balaban J connectivity index is 1.76. The van der Waals surface area contributed by atoms with Crippen LogP contribution in [0.2, 0.25) is 0 Å². The highest BCUT2D eigenvalue weighted by Crippen LogP contribution is 2.27. The van der Waals surface area contributed by atoms with Gasteiger partial charge in [-0.1, -0.05) is 0 Å². The largest absolute Gasteiger partial charge is 0.379 e. The van der Waals surface area contributed by atoms with Crippen LogP contribution in [0.5, 0.6) is 0 Å². The summed E-state index contributed by atoms with van der Waals surface area (Å²) in [6.45, 7) is 6.66. The van der Waals surface area contributed by atoms with Crippen LogP contribution in [0.3, 0.4) is 0 Å². The Morgan fingerprint density at radius 2 is 1.84 bits per heavy atom. The van der Waals surface area contributed by atoms with E-state index in [-0.39, 0.29) is 6.04 Å². The molecule has 0 aromatic heterocycles. The predicted octanol–water partition coefficient (Wildman–Crippen LogP) is -0.268. The number of hydrogen-bond acceptors (Lipinski definition) is 4. The zero-order chi connectivity index (χ0) is 13.5. The number of fused-ring (bicyclic) bond motifs is 1. The maximum atomic E-state index is 12.7. The van der Waals surface area contributed by atoms with Gasteiger partial charge in [0.15, 0.2) is 0 Å². The molecule has 0 aromatic carbocycles. The molecule has 3 fully saturated rings. The van der Waals surface area contributed by atoms with E-state index in [4.69, 9.17) is 4.74 Å². The molecule has 2 atom stereocenters. The Hall–Kier alpha value is -0.210. The molecule has 3 saturated heterocycles. The smallest absolute Gasteiger partial charge is 0.282 e. The molecular weight excluding hydrogens is 266 g/mol. The van der Waals surface area contributed by atoms with Crippen LogP contribution in [0.4, 0.5) is 0 Å². The topological polar surface area (TPSA) is 53.1 Å². The molecule has 3 aliphatic rings. The molecule has 19 heavy (non-hydrogen) atoms. The third kappa shape index (κ3) is 2.54. The number of hydrogen-bond donors (Lipinski definition) is 0. The summed E-state index contributed by atoms with van der Waals surface area (Å²) in [4.78, 5) is 2.44. The molecule has 3 rings (SSSR count). The standard InChI is InChI=1S/C12H23N3O3S/c1-11-9-13-4-2-3-12(13)10-15(11)19(16,17)14-5-7-18-8-6-14/h11-12H,2-10H2,1H3/t11-,12-/m0/s1. The lowest BCUT2D eigenvalue weighted by atomic mass is 10.1. The summed E-state index contributed by atoms with van der Waals surface area (Å²) in [5, 5.41) is 0. The second-order valence-electron chi connectivity index (χ2n) is 5.73. The summed E-state index contributed by atoms with van der Waals surface area (Å²) < 4.78 is 34.0. The van der Waals surface area contributed by atoms with Crippen LogP contribution in [-0.4, -0.2) is 79.9 Å². The van der Waals surface area contributed by atoms with Crippen molar-refractivity contribution in [3.8, 4) is 0 Å². The van der Waals surface area contributed by atoms with Crippen molar-refractivity contribution in [3.63, 3.8) is 0 Å². The van der Waals surface area contributed by atoms with Crippen molar-refractivity contribution in [1.29, 1.82) is 0 Å². The summed E-state index contributed by atoms with van der Waals surface area (Å²) in [7, 11) is -3.31. The van der Waals surface area contributed by atoms with Crippen LogP contribution >= 0.6 is 0 Å². The van der Waals surface area contributed by atoms with Gasteiger partial charge in [-0.2, -0.15) is 17.0 Å². The van der Waals surface area contributed by atoms with Gasteiger partial charge in [-0.25, -0.2) is 0 Å². The van der Waals surface area contributed by atoms with Crippen molar-refractivity contribution in [3.05, 3.63) is 0 Å². The average Bonchev–Trinajstić information content (AvgIpc) is 2.85. The molecule has 0 spiro atoms. The molecule has 0 aliphatic carbocycles. The average molecular weight is 289 g/mol. The van der Waals surface area contributed by atoms with Gasteiger partial charge in [-0.3, -0.25) is 4.90 Å². The second-order valence-corrected chi connectivity index (χ2v) is 7.61. The first kappa shape index (κ1) is 13.8. The summed E-state index contributed by atoms with van der Waals surface area (Å²) >= 11 is 0. The lowest BCUT2D eigenvalue weighted by molar-refractivity contribution is 0.0629. The fourth-order valence-electron chi connectivity index (χ4n) is 3.41. The van der Waals surface area contributed by atoms with Crippen LogP contribution in [0, 0.1) is 0 Å². The highest BCUT2D eigenvalue weighted by molar-refractivity contribution is 7.86. The number of morpholine rings is 1. The second kappa shape index (κ2) is 5.29. The molecule has 0 saturated carbocycles. The summed E-state index contributed by atoms with van der Waals surface area (Å²) in [6.07, 6.45) is 2.32. The monoisotopic (exact) mass is 289 g/mol. The molecule has 0 radical (unpaired) electrons. The van der Waals surface area contributed by atoms with Gasteiger partial charge in [0.05, 0.1) is 13.2 Å². The Morgan fingerprint density at radius 1 is 1.11 bits per heavy atom. The van der Waals surface area contributed by atoms with Gasteiger partial charge in [0.2, 0.25) is 0 Å². The Bertz CT molecular complexity index is 422. The van der Waals surface area contributed by atoms with Gasteiger partial charge in [0.25, 0.3) is 10.2 Å². The van der Waals surface area contributed by atoms with E-state index in [1.54, 1.807) is 8.61 Å². The Morgan fingerprint density at radius 3 is 2.58 bits per heavy atom. The fourth-order valence-corrected chi connectivity index (χ4v) is 5.20. The van der Waals surface area contributed by atoms with E-state index in [0.717, 1.165) is 19.5 Å². The molecule has 0 unspecified atom stereocenters. The van der Waals surface area contributed by atoms with E-state index in [1.807, 2.05) is 6.92 Å². The molecule has 7 heteroatoms. The Labute approximate surface area is 115 Å². The van der Waals surface area contributed by atoms with Crippen LogP contribution in [-0.2, 0) is 14.9 Å². The highest BCUT2D eigenvalue weighted by Gasteiger charge is 2.42. The van der Waals surface area contributed by atoms with Gasteiger partial charge in [-0.05, 0) is 26.3 Å². The van der Waals surface area contributed by atoms with Crippen LogP contribution < -0.4 is 0 Å². The molecule has 3 heterocycles. The van der Waals surface area contributed by atoms with E-state index in [0.29, 0.717) is 38.9 Å². The van der Waals surface area contributed by atoms with Gasteiger partial charge >= 0.3 is 0 Å². The fraction of sp³-hybridized carbons (Fsp3) is 1.00. The quantitative estimate of drug-likeness (QED) is 0.702. The molecular formula is C12H23N3O3S. The highest BCUT2D eigenvalue weighted by atomic mass is 32.2. The van der Waals surface area contributed by atoms with Gasteiger partial charge < -0.3 is 4.74 Å². The van der Waals surface area contributed by atoms with Crippen LogP contribution in [0.25, 0.3) is 0 Å². The first-order chi connectivity index (χ1) is 9.09. The summed E-state index contributed by atoms with van der Waals surface area (Å²) in [6, 6.07) is 0.495. The number of ether oxygens (including phenoxy) is 1. The molecule has 0 amide bonds. The maximum Gasteiger partial charge on any atom is 0.282 e.